The van der Waals surface area contributed by atoms with Crippen molar-refractivity contribution in [3.05, 3.63) is 18.2 Å². The first kappa shape index (κ1) is 11.7. The van der Waals surface area contributed by atoms with Crippen LogP contribution < -0.4 is 15.0 Å². The molecular weight excluding hydrogens is 224 g/mol. The molecule has 1 aromatic rings. The molecule has 3 nitrogen and oxygen atoms in total. The van der Waals surface area contributed by atoms with Crippen LogP contribution in [0, 0.1) is 5.41 Å². The van der Waals surface area contributed by atoms with Gasteiger partial charge in [-0.3, -0.25) is 0 Å². The minimum Gasteiger partial charge on any atom is -0.497 e. The van der Waals surface area contributed by atoms with Crippen molar-refractivity contribution in [1.82, 2.24) is 0 Å². The molecule has 3 heteroatoms. The van der Waals surface area contributed by atoms with Gasteiger partial charge in [0.1, 0.15) is 5.75 Å². The summed E-state index contributed by atoms with van der Waals surface area (Å²) in [6.45, 7) is 6.98. The van der Waals surface area contributed by atoms with Gasteiger partial charge >= 0.3 is 0 Å². The summed E-state index contributed by atoms with van der Waals surface area (Å²) in [5.41, 5.74) is 2.93. The first-order valence-corrected chi connectivity index (χ1v) is 6.80. The zero-order valence-electron chi connectivity index (χ0n) is 11.5. The molecule has 0 radical (unpaired) electrons. The number of piperidine rings is 1. The van der Waals surface area contributed by atoms with E-state index >= 15 is 0 Å². The summed E-state index contributed by atoms with van der Waals surface area (Å²) in [6.07, 6.45) is 2.59. The second-order valence-corrected chi connectivity index (χ2v) is 6.07. The Morgan fingerprint density at radius 2 is 2.22 bits per heavy atom. The number of ether oxygens (including phenoxy) is 1. The van der Waals surface area contributed by atoms with Gasteiger partial charge in [0, 0.05) is 19.2 Å². The first-order chi connectivity index (χ1) is 8.62. The van der Waals surface area contributed by atoms with Crippen molar-refractivity contribution >= 4 is 11.4 Å². The van der Waals surface area contributed by atoms with Crippen molar-refractivity contribution in [3.8, 4) is 5.75 Å². The highest BCUT2D eigenvalue weighted by Crippen LogP contribution is 2.43. The SMILES string of the molecule is COc1ccc2c(c1)N1CCCC(C)(C)C1CN2. The Morgan fingerprint density at radius 1 is 1.39 bits per heavy atom. The maximum absolute atomic E-state index is 5.36. The maximum atomic E-state index is 5.36. The van der Waals surface area contributed by atoms with Crippen molar-refractivity contribution < 1.29 is 4.74 Å². The van der Waals surface area contributed by atoms with Gasteiger partial charge in [0.2, 0.25) is 0 Å². The van der Waals surface area contributed by atoms with Gasteiger partial charge in [0.15, 0.2) is 0 Å². The van der Waals surface area contributed by atoms with E-state index < -0.39 is 0 Å². The van der Waals surface area contributed by atoms with Crippen LogP contribution in [0.4, 0.5) is 11.4 Å². The van der Waals surface area contributed by atoms with Crippen molar-refractivity contribution in [2.24, 2.45) is 5.41 Å². The first-order valence-electron chi connectivity index (χ1n) is 6.80. The van der Waals surface area contributed by atoms with E-state index in [2.05, 4.69) is 36.2 Å². The molecule has 0 bridgehead atoms. The van der Waals surface area contributed by atoms with Crippen LogP contribution in [-0.4, -0.2) is 26.2 Å². The van der Waals surface area contributed by atoms with E-state index in [4.69, 9.17) is 4.74 Å². The second kappa shape index (κ2) is 4.08. The Hall–Kier alpha value is -1.38. The van der Waals surface area contributed by atoms with Crippen LogP contribution in [0.25, 0.3) is 0 Å². The van der Waals surface area contributed by atoms with Gasteiger partial charge < -0.3 is 15.0 Å². The molecule has 18 heavy (non-hydrogen) atoms. The summed E-state index contributed by atoms with van der Waals surface area (Å²) in [7, 11) is 1.73. The number of hydrogen-bond donors (Lipinski definition) is 1. The fraction of sp³-hybridized carbons (Fsp3) is 0.600. The molecule has 1 atom stereocenters. The van der Waals surface area contributed by atoms with Gasteiger partial charge in [0.25, 0.3) is 0 Å². The van der Waals surface area contributed by atoms with E-state index in [1.807, 2.05) is 6.07 Å². The molecular formula is C15H22N2O. The molecule has 98 valence electrons. The van der Waals surface area contributed by atoms with Crippen LogP contribution in [0.3, 0.4) is 0 Å². The largest absolute Gasteiger partial charge is 0.497 e. The lowest BCUT2D eigenvalue weighted by Gasteiger charge is -2.51. The fourth-order valence-corrected chi connectivity index (χ4v) is 3.36. The molecule has 3 rings (SSSR count). The molecule has 1 unspecified atom stereocenters. The number of methoxy groups -OCH3 is 1. The standard InChI is InChI=1S/C15H22N2O/c1-15(2)7-4-8-17-13-9-11(18-3)5-6-12(13)16-10-14(15)17/h5-6,9,14,16H,4,7-8,10H2,1-3H3. The summed E-state index contributed by atoms with van der Waals surface area (Å²) in [6, 6.07) is 6.91. The van der Waals surface area contributed by atoms with Crippen LogP contribution in [0.5, 0.6) is 5.75 Å². The third kappa shape index (κ3) is 1.73. The average molecular weight is 246 g/mol. The molecule has 2 aliphatic rings. The molecule has 0 aromatic heterocycles. The van der Waals surface area contributed by atoms with E-state index in [1.54, 1.807) is 7.11 Å². The molecule has 0 aliphatic carbocycles. The highest BCUT2D eigenvalue weighted by molar-refractivity contribution is 5.75. The zero-order chi connectivity index (χ0) is 12.8. The monoisotopic (exact) mass is 246 g/mol. The number of nitrogens with one attached hydrogen (secondary N) is 1. The van der Waals surface area contributed by atoms with Crippen LogP contribution in [-0.2, 0) is 0 Å². The van der Waals surface area contributed by atoms with E-state index in [0.29, 0.717) is 11.5 Å². The normalized spacial score (nSPS) is 24.8. The van der Waals surface area contributed by atoms with Crippen LogP contribution >= 0.6 is 0 Å². The number of rotatable bonds is 1. The summed E-state index contributed by atoms with van der Waals surface area (Å²) < 4.78 is 5.36. The average Bonchev–Trinajstić information content (AvgIpc) is 2.37. The summed E-state index contributed by atoms with van der Waals surface area (Å²) >= 11 is 0. The zero-order valence-corrected chi connectivity index (χ0v) is 11.5. The Morgan fingerprint density at radius 3 is 3.00 bits per heavy atom. The Kier molecular flexibility index (Phi) is 2.65. The summed E-state index contributed by atoms with van der Waals surface area (Å²) in [4.78, 5) is 2.57. The lowest BCUT2D eigenvalue weighted by molar-refractivity contribution is 0.217. The van der Waals surface area contributed by atoms with Gasteiger partial charge in [-0.25, -0.2) is 0 Å². The molecule has 1 aromatic carbocycles. The quantitative estimate of drug-likeness (QED) is 0.824. The smallest absolute Gasteiger partial charge is 0.121 e. The van der Waals surface area contributed by atoms with Crippen molar-refractivity contribution in [2.75, 3.05) is 30.4 Å². The van der Waals surface area contributed by atoms with E-state index in [-0.39, 0.29) is 0 Å². The van der Waals surface area contributed by atoms with E-state index in [1.165, 1.54) is 24.2 Å². The Labute approximate surface area is 109 Å². The molecule has 0 amide bonds. The molecule has 1 fully saturated rings. The third-order valence-electron chi connectivity index (χ3n) is 4.50. The molecule has 2 aliphatic heterocycles. The highest BCUT2D eigenvalue weighted by Gasteiger charge is 2.40. The molecule has 0 spiro atoms. The van der Waals surface area contributed by atoms with Crippen molar-refractivity contribution in [2.45, 2.75) is 32.7 Å². The predicted molar refractivity (Wildman–Crippen MR) is 75.6 cm³/mol. The number of anilines is 2. The second-order valence-electron chi connectivity index (χ2n) is 6.07. The van der Waals surface area contributed by atoms with Crippen molar-refractivity contribution in [1.29, 1.82) is 0 Å². The topological polar surface area (TPSA) is 24.5 Å². The van der Waals surface area contributed by atoms with Crippen LogP contribution in [0.2, 0.25) is 0 Å². The number of hydrogen-bond acceptors (Lipinski definition) is 3. The van der Waals surface area contributed by atoms with Gasteiger partial charge in [-0.05, 0) is 30.4 Å². The lowest BCUT2D eigenvalue weighted by Crippen LogP contribution is -2.55. The lowest BCUT2D eigenvalue weighted by atomic mass is 9.75. The van der Waals surface area contributed by atoms with Crippen LogP contribution in [0.1, 0.15) is 26.7 Å². The van der Waals surface area contributed by atoms with E-state index in [0.717, 1.165) is 18.8 Å². The predicted octanol–water partition coefficient (Wildman–Crippen LogP) is 3.12. The van der Waals surface area contributed by atoms with E-state index in [9.17, 15) is 0 Å². The van der Waals surface area contributed by atoms with Crippen LogP contribution in [0.15, 0.2) is 18.2 Å². The summed E-state index contributed by atoms with van der Waals surface area (Å²) in [5, 5.41) is 3.57. The summed E-state index contributed by atoms with van der Waals surface area (Å²) in [5.74, 6) is 0.944. The maximum Gasteiger partial charge on any atom is 0.121 e. The minimum atomic E-state index is 0.381. The Balaban J connectivity index is 2.01. The molecule has 1 saturated heterocycles. The van der Waals surface area contributed by atoms with Gasteiger partial charge in [-0.2, -0.15) is 0 Å². The third-order valence-corrected chi connectivity index (χ3v) is 4.50. The Bertz CT molecular complexity index is 456. The van der Waals surface area contributed by atoms with Gasteiger partial charge in [-0.15, -0.1) is 0 Å². The molecule has 1 N–H and O–H groups in total. The fourth-order valence-electron chi connectivity index (χ4n) is 3.36. The van der Waals surface area contributed by atoms with Gasteiger partial charge in [-0.1, -0.05) is 13.8 Å². The van der Waals surface area contributed by atoms with Crippen molar-refractivity contribution in [3.63, 3.8) is 0 Å². The minimum absolute atomic E-state index is 0.381. The number of benzene rings is 1. The molecule has 2 heterocycles. The highest BCUT2D eigenvalue weighted by atomic mass is 16.5. The van der Waals surface area contributed by atoms with Gasteiger partial charge in [0.05, 0.1) is 24.5 Å². The number of nitrogens with zero attached hydrogens (tertiary/aromatic N) is 1. The molecule has 0 saturated carbocycles. The number of fused-ring (bicyclic) bond motifs is 3.